The van der Waals surface area contributed by atoms with E-state index in [1.54, 1.807) is 0 Å². The highest BCUT2D eigenvalue weighted by Crippen LogP contribution is 2.21. The van der Waals surface area contributed by atoms with E-state index in [2.05, 4.69) is 5.32 Å². The molecular formula is C15H16N2O2. The van der Waals surface area contributed by atoms with Crippen LogP contribution in [0.4, 0.5) is 0 Å². The molecule has 0 atom stereocenters. The molecule has 0 radical (unpaired) electrons. The van der Waals surface area contributed by atoms with Gasteiger partial charge in [0.1, 0.15) is 0 Å². The fraction of sp³-hybridized carbons (Fsp3) is 0.333. The van der Waals surface area contributed by atoms with E-state index in [1.165, 1.54) is 0 Å². The molecule has 0 unspecified atom stereocenters. The van der Waals surface area contributed by atoms with E-state index in [4.69, 9.17) is 0 Å². The van der Waals surface area contributed by atoms with Crippen molar-refractivity contribution in [2.45, 2.75) is 31.8 Å². The zero-order chi connectivity index (χ0) is 13.2. The number of hydrogen-bond donors (Lipinski definition) is 1. The normalized spacial score (nSPS) is 14.5. The SMILES string of the molecule is O=Cc1cn(CCC(=O)NC2CC2)c2ccccc12. The highest BCUT2D eigenvalue weighted by atomic mass is 16.1. The number of benzene rings is 1. The van der Waals surface area contributed by atoms with Crippen molar-refractivity contribution in [3.63, 3.8) is 0 Å². The molecule has 0 saturated heterocycles. The number of carbonyl (C=O) groups is 2. The van der Waals surface area contributed by atoms with Crippen molar-refractivity contribution in [1.29, 1.82) is 0 Å². The summed E-state index contributed by atoms with van der Waals surface area (Å²) in [5.41, 5.74) is 1.68. The van der Waals surface area contributed by atoms with Gasteiger partial charge in [0.2, 0.25) is 5.91 Å². The van der Waals surface area contributed by atoms with Crippen molar-refractivity contribution < 1.29 is 9.59 Å². The van der Waals surface area contributed by atoms with Crippen LogP contribution in [-0.2, 0) is 11.3 Å². The first kappa shape index (κ1) is 12.0. The molecule has 4 nitrogen and oxygen atoms in total. The molecule has 0 bridgehead atoms. The molecule has 3 rings (SSSR count). The number of hydrogen-bond acceptors (Lipinski definition) is 2. The lowest BCUT2D eigenvalue weighted by molar-refractivity contribution is -0.121. The molecular weight excluding hydrogens is 240 g/mol. The second-order valence-electron chi connectivity index (χ2n) is 5.00. The van der Waals surface area contributed by atoms with Crippen LogP contribution in [0.1, 0.15) is 29.6 Å². The van der Waals surface area contributed by atoms with E-state index in [-0.39, 0.29) is 5.91 Å². The zero-order valence-corrected chi connectivity index (χ0v) is 10.6. The van der Waals surface area contributed by atoms with Crippen LogP contribution in [-0.4, -0.2) is 22.8 Å². The molecule has 1 saturated carbocycles. The Morgan fingerprint density at radius 2 is 2.16 bits per heavy atom. The van der Waals surface area contributed by atoms with Crippen molar-refractivity contribution in [3.05, 3.63) is 36.0 Å². The zero-order valence-electron chi connectivity index (χ0n) is 10.6. The number of aromatic nitrogens is 1. The van der Waals surface area contributed by atoms with E-state index < -0.39 is 0 Å². The first-order valence-corrected chi connectivity index (χ1v) is 6.60. The van der Waals surface area contributed by atoms with Gasteiger partial charge in [0.15, 0.2) is 6.29 Å². The third-order valence-electron chi connectivity index (χ3n) is 3.47. The maximum absolute atomic E-state index is 11.7. The second-order valence-corrected chi connectivity index (χ2v) is 5.00. The predicted octanol–water partition coefficient (Wildman–Crippen LogP) is 2.12. The Kier molecular flexibility index (Phi) is 3.07. The van der Waals surface area contributed by atoms with E-state index in [9.17, 15) is 9.59 Å². The van der Waals surface area contributed by atoms with Crippen LogP contribution in [0, 0.1) is 0 Å². The van der Waals surface area contributed by atoms with Crippen LogP contribution in [0.15, 0.2) is 30.5 Å². The molecule has 1 fully saturated rings. The van der Waals surface area contributed by atoms with Gasteiger partial charge in [-0.25, -0.2) is 0 Å². The van der Waals surface area contributed by atoms with Crippen LogP contribution in [0.5, 0.6) is 0 Å². The summed E-state index contributed by atoms with van der Waals surface area (Å²) in [5, 5.41) is 3.92. The Bertz CT molecular complexity index is 626. The lowest BCUT2D eigenvalue weighted by Gasteiger charge is -2.06. The molecule has 0 spiro atoms. The topological polar surface area (TPSA) is 51.1 Å². The fourth-order valence-electron chi connectivity index (χ4n) is 2.30. The monoisotopic (exact) mass is 256 g/mol. The third-order valence-corrected chi connectivity index (χ3v) is 3.47. The first-order chi connectivity index (χ1) is 9.28. The summed E-state index contributed by atoms with van der Waals surface area (Å²) in [4.78, 5) is 22.7. The second kappa shape index (κ2) is 4.88. The Labute approximate surface area is 111 Å². The summed E-state index contributed by atoms with van der Waals surface area (Å²) in [6.45, 7) is 0.604. The standard InChI is InChI=1S/C15H16N2O2/c18-10-11-9-17(14-4-2-1-3-13(11)14)8-7-15(19)16-12-5-6-12/h1-4,9-10,12H,5-8H2,(H,16,19). The summed E-state index contributed by atoms with van der Waals surface area (Å²) in [6.07, 6.45) is 5.35. The molecule has 1 aliphatic carbocycles. The molecule has 0 aliphatic heterocycles. The summed E-state index contributed by atoms with van der Waals surface area (Å²) < 4.78 is 1.98. The van der Waals surface area contributed by atoms with Gasteiger partial charge >= 0.3 is 0 Å². The summed E-state index contributed by atoms with van der Waals surface area (Å²) in [7, 11) is 0. The maximum atomic E-state index is 11.7. The number of fused-ring (bicyclic) bond motifs is 1. The minimum absolute atomic E-state index is 0.0907. The van der Waals surface area contributed by atoms with E-state index in [0.717, 1.165) is 30.0 Å². The van der Waals surface area contributed by atoms with E-state index >= 15 is 0 Å². The molecule has 2 aromatic rings. The minimum atomic E-state index is 0.0907. The molecule has 1 aromatic carbocycles. The fourth-order valence-corrected chi connectivity index (χ4v) is 2.30. The van der Waals surface area contributed by atoms with Crippen LogP contribution >= 0.6 is 0 Å². The number of aldehydes is 1. The number of aryl methyl sites for hydroxylation is 1. The Morgan fingerprint density at radius 3 is 2.89 bits per heavy atom. The smallest absolute Gasteiger partial charge is 0.222 e. The minimum Gasteiger partial charge on any atom is -0.353 e. The van der Waals surface area contributed by atoms with Gasteiger partial charge in [-0.1, -0.05) is 18.2 Å². The number of amides is 1. The number of carbonyl (C=O) groups excluding carboxylic acids is 2. The quantitative estimate of drug-likeness (QED) is 0.833. The van der Waals surface area contributed by atoms with Crippen LogP contribution in [0.3, 0.4) is 0 Å². The van der Waals surface area contributed by atoms with Crippen molar-refractivity contribution in [3.8, 4) is 0 Å². The first-order valence-electron chi connectivity index (χ1n) is 6.60. The van der Waals surface area contributed by atoms with E-state index in [0.29, 0.717) is 24.6 Å². The van der Waals surface area contributed by atoms with Gasteiger partial charge < -0.3 is 9.88 Å². The molecule has 98 valence electrons. The van der Waals surface area contributed by atoms with Crippen LogP contribution < -0.4 is 5.32 Å². The van der Waals surface area contributed by atoms with Crippen molar-refractivity contribution in [2.75, 3.05) is 0 Å². The molecule has 1 aromatic heterocycles. The lowest BCUT2D eigenvalue weighted by atomic mass is 10.2. The van der Waals surface area contributed by atoms with Crippen molar-refractivity contribution in [2.24, 2.45) is 0 Å². The Morgan fingerprint density at radius 1 is 1.37 bits per heavy atom. The predicted molar refractivity (Wildman–Crippen MR) is 73.1 cm³/mol. The Balaban J connectivity index is 1.76. The third kappa shape index (κ3) is 2.52. The van der Waals surface area contributed by atoms with Crippen molar-refractivity contribution >= 4 is 23.1 Å². The van der Waals surface area contributed by atoms with Gasteiger partial charge in [-0.2, -0.15) is 0 Å². The van der Waals surface area contributed by atoms with Gasteiger partial charge in [0.25, 0.3) is 0 Å². The van der Waals surface area contributed by atoms with Gasteiger partial charge in [0, 0.05) is 41.7 Å². The lowest BCUT2D eigenvalue weighted by Crippen LogP contribution is -2.26. The van der Waals surface area contributed by atoms with Gasteiger partial charge in [-0.3, -0.25) is 9.59 Å². The summed E-state index contributed by atoms with van der Waals surface area (Å²) >= 11 is 0. The number of nitrogens with zero attached hydrogens (tertiary/aromatic N) is 1. The highest BCUT2D eigenvalue weighted by molar-refractivity contribution is 5.97. The Hall–Kier alpha value is -2.10. The van der Waals surface area contributed by atoms with Crippen LogP contribution in [0.25, 0.3) is 10.9 Å². The largest absolute Gasteiger partial charge is 0.353 e. The molecule has 1 heterocycles. The van der Waals surface area contributed by atoms with Crippen molar-refractivity contribution in [1.82, 2.24) is 9.88 Å². The van der Waals surface area contributed by atoms with Crippen LogP contribution in [0.2, 0.25) is 0 Å². The molecule has 1 N–H and O–H groups in total. The average molecular weight is 256 g/mol. The molecule has 19 heavy (non-hydrogen) atoms. The van der Waals surface area contributed by atoms with E-state index in [1.807, 2.05) is 35.0 Å². The molecule has 4 heteroatoms. The summed E-state index contributed by atoms with van der Waals surface area (Å²) in [5.74, 6) is 0.0907. The number of nitrogens with one attached hydrogen (secondary N) is 1. The molecule has 1 aliphatic rings. The molecule has 1 amide bonds. The van der Waals surface area contributed by atoms with Gasteiger partial charge in [-0.05, 0) is 18.9 Å². The number of rotatable bonds is 5. The number of para-hydroxylation sites is 1. The summed E-state index contributed by atoms with van der Waals surface area (Å²) in [6, 6.07) is 8.16. The van der Waals surface area contributed by atoms with Gasteiger partial charge in [-0.15, -0.1) is 0 Å². The average Bonchev–Trinajstić information content (AvgIpc) is 3.16. The van der Waals surface area contributed by atoms with Gasteiger partial charge in [0.05, 0.1) is 0 Å². The maximum Gasteiger partial charge on any atom is 0.222 e. The highest BCUT2D eigenvalue weighted by Gasteiger charge is 2.22.